The normalized spacial score (nSPS) is 12.9. The molecule has 0 bridgehead atoms. The molecule has 0 saturated carbocycles. The Kier molecular flexibility index (Phi) is 19.1. The Morgan fingerprint density at radius 1 is 0.818 bits per heavy atom. The van der Waals surface area contributed by atoms with E-state index in [0.717, 1.165) is 9.09 Å². The minimum atomic E-state index is -4.67. The Hall–Kier alpha value is 0.870. The van der Waals surface area contributed by atoms with Crippen molar-refractivity contribution in [1.29, 1.82) is 0 Å². The second-order valence-electron chi connectivity index (χ2n) is 6.79. The average Bonchev–Trinajstić information content (AvgIpc) is 2.35. The third-order valence-corrected chi connectivity index (χ3v) is 4.93. The van der Waals surface area contributed by atoms with Crippen LogP contribution >= 0.6 is 0 Å². The quantitative estimate of drug-likeness (QED) is 0.287. The van der Waals surface area contributed by atoms with Gasteiger partial charge in [-0.2, -0.15) is 8.42 Å². The Bertz CT molecular complexity index is 310. The molecule has 1 atom stereocenters. The van der Waals surface area contributed by atoms with Crippen molar-refractivity contribution < 1.29 is 17.5 Å². The van der Waals surface area contributed by atoms with Gasteiger partial charge >= 0.3 is 139 Å². The Morgan fingerprint density at radius 2 is 1.18 bits per heavy atom. The molecule has 0 saturated heterocycles. The summed E-state index contributed by atoms with van der Waals surface area (Å²) >= 11 is 1.42. The van der Waals surface area contributed by atoms with Gasteiger partial charge in [0, 0.05) is 0 Å². The zero-order valence-corrected chi connectivity index (χ0v) is 17.9. The standard InChI is InChI=1S/C16H33.Na.H2O4S/c1-4-5-6-7-8-9-10-11-12-13-14-15-16(2)3;;1-5(2,3)4/h10,16H,4-9,11-15H2,1-3H3;;(H2,1,2,3,4). The van der Waals surface area contributed by atoms with Gasteiger partial charge in [0.2, 0.25) is 0 Å². The summed E-state index contributed by atoms with van der Waals surface area (Å²) in [5.74, 6) is 0.903. The zero-order valence-electron chi connectivity index (χ0n) is 15.1. The van der Waals surface area contributed by atoms with Gasteiger partial charge in [-0.3, -0.25) is 9.11 Å². The van der Waals surface area contributed by atoms with Crippen LogP contribution in [-0.4, -0.2) is 45.5 Å². The van der Waals surface area contributed by atoms with Crippen molar-refractivity contribution in [3.63, 3.8) is 0 Å². The van der Waals surface area contributed by atoms with E-state index < -0.39 is 10.4 Å². The summed E-state index contributed by atoms with van der Waals surface area (Å²) in [6.07, 6.45) is 16.2. The number of rotatable bonds is 12. The molecule has 0 radical (unpaired) electrons. The second kappa shape index (κ2) is 16.7. The number of unbranched alkanes of at least 4 members (excludes halogenated alkanes) is 6. The van der Waals surface area contributed by atoms with Crippen LogP contribution in [0.4, 0.5) is 0 Å². The van der Waals surface area contributed by atoms with Crippen LogP contribution in [0.15, 0.2) is 0 Å². The fraction of sp³-hybridized carbons (Fsp3) is 1.00. The minimum Gasteiger partial charge on any atom is -0.264 e. The summed E-state index contributed by atoms with van der Waals surface area (Å²) in [7, 11) is -4.67. The van der Waals surface area contributed by atoms with Gasteiger partial charge in [-0.05, 0) is 0 Å². The minimum absolute atomic E-state index is 0.903. The fourth-order valence-corrected chi connectivity index (χ4v) is 3.28. The first-order chi connectivity index (χ1) is 10.2. The monoisotopic (exact) mass is 346 g/mol. The predicted octanol–water partition coefficient (Wildman–Crippen LogP) is 5.26. The molecule has 0 rings (SSSR count). The van der Waals surface area contributed by atoms with E-state index in [1.54, 1.807) is 0 Å². The molecule has 22 heavy (non-hydrogen) atoms. The van der Waals surface area contributed by atoms with E-state index in [1.165, 1.54) is 98.6 Å². The van der Waals surface area contributed by atoms with E-state index in [2.05, 4.69) is 20.8 Å². The topological polar surface area (TPSA) is 74.6 Å². The maximum absolute atomic E-state index is 8.74. The van der Waals surface area contributed by atoms with E-state index in [-0.39, 0.29) is 0 Å². The van der Waals surface area contributed by atoms with Crippen LogP contribution in [0, 0.1) is 5.92 Å². The van der Waals surface area contributed by atoms with Gasteiger partial charge < -0.3 is 0 Å². The molecule has 0 aliphatic rings. The van der Waals surface area contributed by atoms with Crippen LogP contribution < -0.4 is 0 Å². The van der Waals surface area contributed by atoms with Crippen molar-refractivity contribution in [2.45, 2.75) is 94.6 Å². The molecule has 0 aliphatic carbocycles. The number of hydrogen-bond donors (Lipinski definition) is 2. The molecule has 0 spiro atoms. The smallest absolute Gasteiger partial charge is 0.264 e. The van der Waals surface area contributed by atoms with Gasteiger partial charge in [-0.25, -0.2) is 0 Å². The molecule has 6 heteroatoms. The molecule has 0 aromatic rings. The molecule has 1 unspecified atom stereocenters. The van der Waals surface area contributed by atoms with Gasteiger partial charge in [0.1, 0.15) is 0 Å². The molecule has 130 valence electrons. The Labute approximate surface area is 155 Å². The largest absolute Gasteiger partial charge is 0.394 e. The maximum atomic E-state index is 8.74. The molecule has 0 aliphatic heterocycles. The van der Waals surface area contributed by atoms with Crippen molar-refractivity contribution in [1.82, 2.24) is 0 Å². The molecule has 2 N–H and O–H groups in total. The van der Waals surface area contributed by atoms with Gasteiger partial charge in [-0.15, -0.1) is 0 Å². The Morgan fingerprint density at radius 3 is 1.59 bits per heavy atom. The summed E-state index contributed by atoms with van der Waals surface area (Å²) in [4.78, 5) is 0. The Balaban J connectivity index is 0. The van der Waals surface area contributed by atoms with E-state index in [9.17, 15) is 0 Å². The average molecular weight is 347 g/mol. The van der Waals surface area contributed by atoms with Gasteiger partial charge in [-0.1, -0.05) is 0 Å². The van der Waals surface area contributed by atoms with Gasteiger partial charge in [0.05, 0.1) is 0 Å². The summed E-state index contributed by atoms with van der Waals surface area (Å²) in [5.41, 5.74) is 0. The van der Waals surface area contributed by atoms with E-state index in [0.29, 0.717) is 0 Å². The summed E-state index contributed by atoms with van der Waals surface area (Å²) in [6.45, 7) is 6.98. The van der Waals surface area contributed by atoms with Gasteiger partial charge in [0.15, 0.2) is 0 Å². The predicted molar refractivity (Wildman–Crippen MR) is 95.0 cm³/mol. The van der Waals surface area contributed by atoms with E-state index >= 15 is 0 Å². The second-order valence-corrected chi connectivity index (χ2v) is 9.32. The van der Waals surface area contributed by atoms with Crippen LogP contribution in [0.1, 0.15) is 91.4 Å². The summed E-state index contributed by atoms with van der Waals surface area (Å²) < 4.78 is 32.7. The van der Waals surface area contributed by atoms with Crippen molar-refractivity contribution in [2.75, 3.05) is 0 Å². The summed E-state index contributed by atoms with van der Waals surface area (Å²) in [6, 6.07) is 0. The molecule has 0 amide bonds. The van der Waals surface area contributed by atoms with Crippen LogP contribution in [0.3, 0.4) is 0 Å². The van der Waals surface area contributed by atoms with Crippen molar-refractivity contribution in [2.24, 2.45) is 5.92 Å². The van der Waals surface area contributed by atoms with Crippen LogP contribution in [-0.2, 0) is 10.4 Å². The molecule has 4 nitrogen and oxygen atoms in total. The summed E-state index contributed by atoms with van der Waals surface area (Å²) in [5, 5.41) is 0. The third-order valence-electron chi connectivity index (χ3n) is 3.78. The third kappa shape index (κ3) is 32.7. The van der Waals surface area contributed by atoms with Crippen LogP contribution in [0.25, 0.3) is 0 Å². The van der Waals surface area contributed by atoms with E-state index in [4.69, 9.17) is 17.5 Å². The van der Waals surface area contributed by atoms with Crippen molar-refractivity contribution >= 4 is 38.3 Å². The first-order valence-electron chi connectivity index (χ1n) is 8.86. The molecule has 0 heterocycles. The van der Waals surface area contributed by atoms with Crippen molar-refractivity contribution in [3.8, 4) is 0 Å². The molecular formula is C16H35NaO4S. The van der Waals surface area contributed by atoms with Crippen LogP contribution in [0.5, 0.6) is 0 Å². The first-order valence-corrected chi connectivity index (χ1v) is 11.4. The molecule has 0 aromatic carbocycles. The first kappa shape index (κ1) is 25.1. The van der Waals surface area contributed by atoms with Gasteiger partial charge in [0.25, 0.3) is 0 Å². The zero-order chi connectivity index (χ0) is 17.4. The van der Waals surface area contributed by atoms with E-state index in [1.807, 2.05) is 0 Å². The van der Waals surface area contributed by atoms with Crippen molar-refractivity contribution in [3.05, 3.63) is 0 Å². The molecule has 0 aromatic heterocycles. The fourth-order valence-electron chi connectivity index (χ4n) is 2.46. The van der Waals surface area contributed by atoms with Crippen LogP contribution in [0.2, 0.25) is 3.17 Å². The molecular weight excluding hydrogens is 311 g/mol. The molecule has 0 fully saturated rings. The maximum Gasteiger partial charge on any atom is 0.394 e. The SMILES string of the molecule is CCCCCCC[CH]([Na])CCCCCC(C)C.O=S(=O)(O)O. The number of hydrogen-bond acceptors (Lipinski definition) is 2.